The summed E-state index contributed by atoms with van der Waals surface area (Å²) >= 11 is 3.06. The Balaban J connectivity index is 2.20. The first kappa shape index (κ1) is 14.4. The number of amides is 1. The van der Waals surface area contributed by atoms with E-state index in [2.05, 4.69) is 15.9 Å². The molecule has 1 aromatic rings. The molecule has 1 N–H and O–H groups in total. The number of nitrogens with zero attached hydrogens (tertiary/aromatic N) is 1. The van der Waals surface area contributed by atoms with Gasteiger partial charge in [-0.05, 0) is 40.5 Å². The van der Waals surface area contributed by atoms with Gasteiger partial charge in [-0.3, -0.25) is 4.79 Å². The average molecular weight is 332 g/mol. The van der Waals surface area contributed by atoms with E-state index in [1.165, 1.54) is 18.2 Å². The number of halogens is 2. The Hall–Kier alpha value is -0.980. The highest BCUT2D eigenvalue weighted by atomic mass is 79.9. The van der Waals surface area contributed by atoms with Crippen molar-refractivity contribution in [3.05, 3.63) is 34.1 Å². The summed E-state index contributed by atoms with van der Waals surface area (Å²) in [5, 5.41) is 9.33. The smallest absolute Gasteiger partial charge is 0.254 e. The number of hydrogen-bond donors (Lipinski definition) is 1. The Bertz CT molecular complexity index is 483. The molecule has 1 amide bonds. The van der Waals surface area contributed by atoms with Gasteiger partial charge in [0.25, 0.3) is 5.91 Å². The second-order valence-electron chi connectivity index (χ2n) is 4.52. The third kappa shape index (κ3) is 2.96. The molecule has 1 saturated heterocycles. The quantitative estimate of drug-likeness (QED) is 0.919. The van der Waals surface area contributed by atoms with Crippen LogP contribution in [0.15, 0.2) is 22.7 Å². The van der Waals surface area contributed by atoms with Gasteiger partial charge in [0.2, 0.25) is 0 Å². The predicted octanol–water partition coefficient (Wildman–Crippen LogP) is 1.81. The van der Waals surface area contributed by atoms with Crippen LogP contribution < -0.4 is 0 Å². The van der Waals surface area contributed by atoms with Crippen LogP contribution in [-0.4, -0.2) is 48.3 Å². The van der Waals surface area contributed by atoms with Crippen LogP contribution in [0.2, 0.25) is 0 Å². The molecule has 2 rings (SSSR count). The molecule has 104 valence electrons. The van der Waals surface area contributed by atoms with Gasteiger partial charge in [0.05, 0.1) is 23.2 Å². The van der Waals surface area contributed by atoms with Gasteiger partial charge < -0.3 is 14.7 Å². The van der Waals surface area contributed by atoms with E-state index in [4.69, 9.17) is 4.74 Å². The monoisotopic (exact) mass is 331 g/mol. The highest BCUT2D eigenvalue weighted by Gasteiger charge is 2.35. The lowest BCUT2D eigenvalue weighted by Gasteiger charge is -2.22. The van der Waals surface area contributed by atoms with E-state index in [1.807, 2.05) is 0 Å². The van der Waals surface area contributed by atoms with Crippen molar-refractivity contribution in [3.63, 3.8) is 0 Å². The largest absolute Gasteiger partial charge is 0.394 e. The Morgan fingerprint density at radius 1 is 1.63 bits per heavy atom. The molecule has 0 spiro atoms. The van der Waals surface area contributed by atoms with Crippen LogP contribution in [0.25, 0.3) is 0 Å². The van der Waals surface area contributed by atoms with Crippen molar-refractivity contribution in [1.29, 1.82) is 0 Å². The molecule has 0 unspecified atom stereocenters. The summed E-state index contributed by atoms with van der Waals surface area (Å²) in [5.41, 5.74) is 0.392. The van der Waals surface area contributed by atoms with Crippen molar-refractivity contribution in [3.8, 4) is 0 Å². The van der Waals surface area contributed by atoms with Gasteiger partial charge in [-0.1, -0.05) is 0 Å². The normalized spacial score (nSPS) is 22.8. The highest BCUT2D eigenvalue weighted by molar-refractivity contribution is 9.10. The van der Waals surface area contributed by atoms with Crippen LogP contribution in [0, 0.1) is 5.82 Å². The number of carbonyl (C=O) groups is 1. The zero-order valence-electron chi connectivity index (χ0n) is 10.5. The molecule has 0 saturated carbocycles. The summed E-state index contributed by atoms with van der Waals surface area (Å²) in [4.78, 5) is 13.9. The molecule has 6 heteroatoms. The maximum atomic E-state index is 13.2. The SMILES string of the molecule is CO[C@@H]1C[C@@H](CO)N(C(=O)c2ccc(F)c(Br)c2)C1. The maximum absolute atomic E-state index is 13.2. The van der Waals surface area contributed by atoms with Crippen molar-refractivity contribution in [1.82, 2.24) is 4.90 Å². The Morgan fingerprint density at radius 2 is 2.37 bits per heavy atom. The number of aliphatic hydroxyl groups excluding tert-OH is 1. The van der Waals surface area contributed by atoms with E-state index in [9.17, 15) is 14.3 Å². The molecule has 1 fully saturated rings. The fraction of sp³-hybridized carbons (Fsp3) is 0.462. The van der Waals surface area contributed by atoms with Crippen LogP contribution in [0.4, 0.5) is 4.39 Å². The molecular formula is C13H15BrFNO3. The van der Waals surface area contributed by atoms with Gasteiger partial charge in [-0.25, -0.2) is 4.39 Å². The summed E-state index contributed by atoms with van der Waals surface area (Å²) in [6.45, 7) is 0.337. The fourth-order valence-corrected chi connectivity index (χ4v) is 2.64. The number of likely N-dealkylation sites (tertiary alicyclic amines) is 1. The van der Waals surface area contributed by atoms with Gasteiger partial charge in [-0.2, -0.15) is 0 Å². The lowest BCUT2D eigenvalue weighted by atomic mass is 10.1. The number of methoxy groups -OCH3 is 1. The summed E-state index contributed by atoms with van der Waals surface area (Å²) in [5.74, 6) is -0.634. The van der Waals surface area contributed by atoms with Crippen molar-refractivity contribution in [2.75, 3.05) is 20.3 Å². The Morgan fingerprint density at radius 3 is 2.95 bits per heavy atom. The topological polar surface area (TPSA) is 49.8 Å². The van der Waals surface area contributed by atoms with Crippen LogP contribution in [0.5, 0.6) is 0 Å². The molecule has 19 heavy (non-hydrogen) atoms. The van der Waals surface area contributed by atoms with Crippen molar-refractivity contribution < 1.29 is 19.0 Å². The minimum Gasteiger partial charge on any atom is -0.394 e. The van der Waals surface area contributed by atoms with Crippen molar-refractivity contribution in [2.24, 2.45) is 0 Å². The summed E-state index contributed by atoms with van der Waals surface area (Å²) < 4.78 is 18.6. The first-order chi connectivity index (χ1) is 9.06. The highest BCUT2D eigenvalue weighted by Crippen LogP contribution is 2.24. The molecule has 0 bridgehead atoms. The number of carbonyl (C=O) groups excluding carboxylic acids is 1. The van der Waals surface area contributed by atoms with Crippen LogP contribution in [-0.2, 0) is 4.74 Å². The van der Waals surface area contributed by atoms with Crippen LogP contribution in [0.3, 0.4) is 0 Å². The molecule has 1 heterocycles. The lowest BCUT2D eigenvalue weighted by molar-refractivity contribution is 0.0647. The standard InChI is InChI=1S/C13H15BrFNO3/c1-19-10-5-9(7-17)16(6-10)13(18)8-2-3-12(15)11(14)4-8/h2-4,9-10,17H,5-7H2,1H3/t9-,10+/m0/s1. The first-order valence-corrected chi connectivity index (χ1v) is 6.75. The summed E-state index contributed by atoms with van der Waals surface area (Å²) in [6.07, 6.45) is 0.547. The maximum Gasteiger partial charge on any atom is 0.254 e. The van der Waals surface area contributed by atoms with Crippen LogP contribution in [0.1, 0.15) is 16.8 Å². The zero-order valence-corrected chi connectivity index (χ0v) is 12.1. The number of benzene rings is 1. The second-order valence-corrected chi connectivity index (χ2v) is 5.37. The molecule has 1 aromatic carbocycles. The second kappa shape index (κ2) is 5.98. The lowest BCUT2D eigenvalue weighted by Crippen LogP contribution is -2.38. The minimum atomic E-state index is -0.411. The average Bonchev–Trinajstić information content (AvgIpc) is 2.84. The van der Waals surface area contributed by atoms with E-state index in [0.717, 1.165) is 0 Å². The Kier molecular flexibility index (Phi) is 4.54. The molecule has 0 aliphatic carbocycles. The number of hydrogen-bond acceptors (Lipinski definition) is 3. The van der Waals surface area contributed by atoms with Gasteiger partial charge in [0.1, 0.15) is 5.82 Å². The third-order valence-electron chi connectivity index (χ3n) is 3.35. The van der Waals surface area contributed by atoms with Crippen molar-refractivity contribution >= 4 is 21.8 Å². The first-order valence-electron chi connectivity index (χ1n) is 5.96. The molecule has 1 aliphatic heterocycles. The summed E-state index contributed by atoms with van der Waals surface area (Å²) in [7, 11) is 1.58. The third-order valence-corrected chi connectivity index (χ3v) is 3.96. The van der Waals surface area contributed by atoms with E-state index < -0.39 is 5.82 Å². The van der Waals surface area contributed by atoms with E-state index in [0.29, 0.717) is 18.5 Å². The van der Waals surface area contributed by atoms with Crippen molar-refractivity contribution in [2.45, 2.75) is 18.6 Å². The van der Waals surface area contributed by atoms with E-state index >= 15 is 0 Å². The molecule has 2 atom stereocenters. The van der Waals surface area contributed by atoms with Crippen LogP contribution >= 0.6 is 15.9 Å². The molecule has 1 aliphatic rings. The van der Waals surface area contributed by atoms with E-state index in [1.54, 1.807) is 12.0 Å². The minimum absolute atomic E-state index is 0.0648. The zero-order chi connectivity index (χ0) is 14.0. The number of ether oxygens (including phenoxy) is 1. The fourth-order valence-electron chi connectivity index (χ4n) is 2.26. The summed E-state index contributed by atoms with van der Waals surface area (Å²) in [6, 6.07) is 3.89. The van der Waals surface area contributed by atoms with Gasteiger partial charge in [0, 0.05) is 19.2 Å². The van der Waals surface area contributed by atoms with E-state index in [-0.39, 0.29) is 29.1 Å². The molecule has 0 radical (unpaired) electrons. The molecule has 4 nitrogen and oxygen atoms in total. The van der Waals surface area contributed by atoms with Gasteiger partial charge in [-0.15, -0.1) is 0 Å². The molecular weight excluding hydrogens is 317 g/mol. The number of rotatable bonds is 3. The van der Waals surface area contributed by atoms with Gasteiger partial charge >= 0.3 is 0 Å². The Labute approximate surface area is 119 Å². The molecule has 0 aromatic heterocycles. The number of aliphatic hydroxyl groups is 1. The van der Waals surface area contributed by atoms with Gasteiger partial charge in [0.15, 0.2) is 0 Å². The predicted molar refractivity (Wildman–Crippen MR) is 71.4 cm³/mol.